The highest BCUT2D eigenvalue weighted by Crippen LogP contribution is 2.43. The van der Waals surface area contributed by atoms with Crippen molar-refractivity contribution in [1.82, 2.24) is 14.9 Å². The van der Waals surface area contributed by atoms with Crippen molar-refractivity contribution in [3.05, 3.63) is 42.2 Å². The van der Waals surface area contributed by atoms with Crippen molar-refractivity contribution in [2.24, 2.45) is 0 Å². The van der Waals surface area contributed by atoms with Gasteiger partial charge in [0.15, 0.2) is 0 Å². The van der Waals surface area contributed by atoms with E-state index in [1.807, 2.05) is 6.07 Å². The molecule has 1 saturated heterocycles. The lowest BCUT2D eigenvalue weighted by Gasteiger charge is -2.33. The molecule has 0 saturated carbocycles. The minimum absolute atomic E-state index is 0.128. The first-order valence-corrected chi connectivity index (χ1v) is 9.74. The number of amides is 1. The number of methoxy groups -OCH3 is 1. The fourth-order valence-corrected chi connectivity index (χ4v) is 4.10. The third kappa shape index (κ3) is 3.31. The van der Waals surface area contributed by atoms with E-state index in [4.69, 9.17) is 4.74 Å². The quantitative estimate of drug-likeness (QED) is 0.753. The number of H-pyrrole nitrogens is 1. The largest absolute Gasteiger partial charge is 0.383 e. The van der Waals surface area contributed by atoms with E-state index in [2.05, 4.69) is 39.8 Å². The molecule has 0 bridgehead atoms. The molecule has 4 rings (SSSR count). The van der Waals surface area contributed by atoms with Crippen molar-refractivity contribution >= 4 is 28.8 Å². The van der Waals surface area contributed by atoms with Gasteiger partial charge in [0.2, 0.25) is 5.95 Å². The Morgan fingerprint density at radius 3 is 2.82 bits per heavy atom. The van der Waals surface area contributed by atoms with Crippen molar-refractivity contribution in [2.75, 3.05) is 43.6 Å². The smallest absolute Gasteiger partial charge is 0.265 e. The average Bonchev–Trinajstić information content (AvgIpc) is 3.31. The van der Waals surface area contributed by atoms with Gasteiger partial charge >= 0.3 is 0 Å². The Kier molecular flexibility index (Phi) is 5.19. The molecule has 1 aromatic heterocycles. The summed E-state index contributed by atoms with van der Waals surface area (Å²) in [4.78, 5) is 24.1. The van der Waals surface area contributed by atoms with Gasteiger partial charge < -0.3 is 19.9 Å². The normalized spacial score (nSPS) is 18.0. The lowest BCUT2D eigenvalue weighted by Crippen LogP contribution is -2.40. The molecule has 0 radical (unpaired) electrons. The van der Waals surface area contributed by atoms with Gasteiger partial charge in [-0.15, -0.1) is 0 Å². The van der Waals surface area contributed by atoms with Gasteiger partial charge in [0.05, 0.1) is 12.3 Å². The Balaban J connectivity index is 1.51. The van der Waals surface area contributed by atoms with E-state index < -0.39 is 0 Å². The summed E-state index contributed by atoms with van der Waals surface area (Å²) in [6, 6.07) is 4.48. The number of nitrogens with one attached hydrogen (secondary N) is 2. The fourth-order valence-electron chi connectivity index (χ4n) is 4.10. The van der Waals surface area contributed by atoms with E-state index in [9.17, 15) is 4.79 Å². The predicted octanol–water partition coefficient (Wildman–Crippen LogP) is 2.93. The summed E-state index contributed by atoms with van der Waals surface area (Å²) in [5.41, 5.74) is 4.39. The van der Waals surface area contributed by atoms with Crippen molar-refractivity contribution in [1.29, 1.82) is 0 Å². The van der Waals surface area contributed by atoms with Crippen molar-refractivity contribution in [3.8, 4) is 0 Å². The van der Waals surface area contributed by atoms with Gasteiger partial charge in [0.1, 0.15) is 0 Å². The van der Waals surface area contributed by atoms with Gasteiger partial charge in [-0.2, -0.15) is 0 Å². The van der Waals surface area contributed by atoms with E-state index in [0.717, 1.165) is 61.6 Å². The maximum absolute atomic E-state index is 12.8. The number of likely N-dealkylation sites (tertiary alicyclic amines) is 1. The topological polar surface area (TPSA) is 73.5 Å². The second-order valence-corrected chi connectivity index (χ2v) is 7.42. The highest BCUT2D eigenvalue weighted by Gasteiger charge is 2.35. The Hall–Kier alpha value is -2.64. The lowest BCUT2D eigenvalue weighted by atomic mass is 9.99. The van der Waals surface area contributed by atoms with E-state index in [0.29, 0.717) is 17.6 Å². The van der Waals surface area contributed by atoms with Crippen LogP contribution in [0.4, 0.5) is 17.3 Å². The Morgan fingerprint density at radius 2 is 2.14 bits per heavy atom. The minimum atomic E-state index is -0.128. The molecule has 3 heterocycles. The van der Waals surface area contributed by atoms with Crippen LogP contribution < -0.4 is 10.2 Å². The van der Waals surface area contributed by atoms with Crippen molar-refractivity contribution in [3.63, 3.8) is 0 Å². The molecule has 2 aliphatic rings. The number of rotatable bonds is 6. The van der Waals surface area contributed by atoms with E-state index >= 15 is 0 Å². The van der Waals surface area contributed by atoms with Crippen LogP contribution in [0.3, 0.4) is 0 Å². The summed E-state index contributed by atoms with van der Waals surface area (Å²) < 4.78 is 5.18. The van der Waals surface area contributed by atoms with Crippen molar-refractivity contribution < 1.29 is 9.53 Å². The molecule has 2 aliphatic heterocycles. The first-order chi connectivity index (χ1) is 13.6. The number of piperidine rings is 1. The van der Waals surface area contributed by atoms with Crippen LogP contribution in [0.25, 0.3) is 5.57 Å². The number of anilines is 3. The molecular weight excluding hydrogens is 354 g/mol. The first-order valence-electron chi connectivity index (χ1n) is 9.74. The molecule has 1 aromatic carbocycles. The zero-order valence-electron chi connectivity index (χ0n) is 16.5. The SMILES string of the molecule is C=C1C(=O)N(c2ncc[nH]2)c2ccc(NC3CCN(CCOC)CC3)c(C)c21. The van der Waals surface area contributed by atoms with Crippen LogP contribution in [0.15, 0.2) is 31.1 Å². The summed E-state index contributed by atoms with van der Waals surface area (Å²) in [7, 11) is 1.75. The van der Waals surface area contributed by atoms with Crippen LogP contribution >= 0.6 is 0 Å². The predicted molar refractivity (Wildman–Crippen MR) is 111 cm³/mol. The first kappa shape index (κ1) is 18.7. The molecular formula is C21H27N5O2. The maximum atomic E-state index is 12.8. The van der Waals surface area contributed by atoms with Gasteiger partial charge in [-0.05, 0) is 37.5 Å². The number of nitrogens with zero attached hydrogens (tertiary/aromatic N) is 3. The number of fused-ring (bicyclic) bond motifs is 1. The molecule has 7 heteroatoms. The second kappa shape index (κ2) is 7.77. The zero-order valence-corrected chi connectivity index (χ0v) is 16.5. The van der Waals surface area contributed by atoms with E-state index in [1.165, 1.54) is 0 Å². The summed E-state index contributed by atoms with van der Waals surface area (Å²) in [6.07, 6.45) is 5.55. The molecule has 28 heavy (non-hydrogen) atoms. The molecule has 7 nitrogen and oxygen atoms in total. The number of hydrogen-bond donors (Lipinski definition) is 2. The number of hydrogen-bond acceptors (Lipinski definition) is 5. The van der Waals surface area contributed by atoms with Gasteiger partial charge in [-0.3, -0.25) is 4.79 Å². The number of carbonyl (C=O) groups excluding carboxylic acids is 1. The molecule has 0 spiro atoms. The number of benzene rings is 1. The number of aromatic amines is 1. The lowest BCUT2D eigenvalue weighted by molar-refractivity contribution is -0.112. The van der Waals surface area contributed by atoms with Crippen LogP contribution in [0.1, 0.15) is 24.0 Å². The van der Waals surface area contributed by atoms with Gasteiger partial charge in [-0.25, -0.2) is 9.88 Å². The fraction of sp³-hybridized carbons (Fsp3) is 0.429. The monoisotopic (exact) mass is 381 g/mol. The number of ether oxygens (including phenoxy) is 1. The molecule has 2 aromatic rings. The molecule has 0 atom stereocenters. The van der Waals surface area contributed by atoms with Crippen LogP contribution in [0.5, 0.6) is 0 Å². The number of imidazole rings is 1. The average molecular weight is 381 g/mol. The molecule has 0 unspecified atom stereocenters. The van der Waals surface area contributed by atoms with Gasteiger partial charge in [-0.1, -0.05) is 6.58 Å². The molecule has 148 valence electrons. The highest BCUT2D eigenvalue weighted by molar-refractivity contribution is 6.34. The molecule has 1 fully saturated rings. The van der Waals surface area contributed by atoms with Crippen LogP contribution in [0, 0.1) is 6.92 Å². The van der Waals surface area contributed by atoms with Crippen LogP contribution in [-0.2, 0) is 9.53 Å². The minimum Gasteiger partial charge on any atom is -0.383 e. The highest BCUT2D eigenvalue weighted by atomic mass is 16.5. The molecule has 1 amide bonds. The van der Waals surface area contributed by atoms with Gasteiger partial charge in [0.25, 0.3) is 5.91 Å². The number of aromatic nitrogens is 2. The molecule has 2 N–H and O–H groups in total. The second-order valence-electron chi connectivity index (χ2n) is 7.42. The third-order valence-electron chi connectivity index (χ3n) is 5.70. The zero-order chi connectivity index (χ0) is 19.7. The Morgan fingerprint density at radius 1 is 1.36 bits per heavy atom. The maximum Gasteiger partial charge on any atom is 0.265 e. The third-order valence-corrected chi connectivity index (χ3v) is 5.70. The molecule has 0 aliphatic carbocycles. The van der Waals surface area contributed by atoms with E-state index in [1.54, 1.807) is 24.4 Å². The summed E-state index contributed by atoms with van der Waals surface area (Å²) in [6.45, 7) is 10.0. The van der Waals surface area contributed by atoms with E-state index in [-0.39, 0.29) is 5.91 Å². The number of carbonyl (C=O) groups is 1. The Bertz CT molecular complexity index is 869. The Labute approximate surface area is 165 Å². The summed E-state index contributed by atoms with van der Waals surface area (Å²) in [5.74, 6) is 0.394. The summed E-state index contributed by atoms with van der Waals surface area (Å²) in [5, 5.41) is 3.69. The summed E-state index contributed by atoms with van der Waals surface area (Å²) >= 11 is 0. The van der Waals surface area contributed by atoms with Crippen LogP contribution in [-0.4, -0.2) is 60.2 Å². The van der Waals surface area contributed by atoms with Crippen LogP contribution in [0.2, 0.25) is 0 Å². The van der Waals surface area contributed by atoms with Crippen molar-refractivity contribution in [2.45, 2.75) is 25.8 Å². The standard InChI is InChI=1S/C21H27N5O2/c1-14-17(24-16-6-10-25(11-7-16)12-13-28-3)4-5-18-19(14)15(2)20(27)26(18)21-22-8-9-23-21/h4-5,8-9,16,24H,2,6-7,10-13H2,1,3H3,(H,22,23). The van der Waals surface area contributed by atoms with Gasteiger partial charge in [0, 0.05) is 62.0 Å².